The highest BCUT2D eigenvalue weighted by Gasteiger charge is 2.10. The number of aromatic nitrogens is 1. The van der Waals surface area contributed by atoms with Crippen LogP contribution in [0.15, 0.2) is 30.5 Å². The van der Waals surface area contributed by atoms with Gasteiger partial charge >= 0.3 is 0 Å². The van der Waals surface area contributed by atoms with E-state index in [1.807, 2.05) is 38.1 Å². The maximum absolute atomic E-state index is 11.9. The van der Waals surface area contributed by atoms with Crippen molar-refractivity contribution in [1.29, 1.82) is 0 Å². The number of rotatable bonds is 2. The molecular weight excluding hydrogens is 206 g/mol. The summed E-state index contributed by atoms with van der Waals surface area (Å²) in [5.74, 6) is 0.0561. The molecule has 0 unspecified atom stereocenters. The normalized spacial score (nSPS) is 10.3. The molecular formula is C12H11NOS. The van der Waals surface area contributed by atoms with Gasteiger partial charge in [0.25, 0.3) is 0 Å². The van der Waals surface area contributed by atoms with Crippen LogP contribution in [0.5, 0.6) is 0 Å². The molecule has 0 N–H and O–H groups in total. The number of nitrogens with zero attached hydrogens (tertiary/aromatic N) is 1. The highest BCUT2D eigenvalue weighted by atomic mass is 32.1. The summed E-state index contributed by atoms with van der Waals surface area (Å²) in [5.41, 5.74) is 1.58. The van der Waals surface area contributed by atoms with Gasteiger partial charge in [0, 0.05) is 22.3 Å². The van der Waals surface area contributed by atoms with E-state index in [9.17, 15) is 4.79 Å². The van der Waals surface area contributed by atoms with Crippen LogP contribution in [0.2, 0.25) is 0 Å². The van der Waals surface area contributed by atoms with E-state index in [0.717, 1.165) is 15.4 Å². The van der Waals surface area contributed by atoms with Crippen molar-refractivity contribution in [3.8, 4) is 0 Å². The van der Waals surface area contributed by atoms with Gasteiger partial charge in [-0.2, -0.15) is 0 Å². The van der Waals surface area contributed by atoms with E-state index in [1.54, 1.807) is 6.20 Å². The Labute approximate surface area is 92.6 Å². The number of carbonyl (C=O) groups excluding carboxylic acids is 1. The molecule has 2 heterocycles. The first-order valence-electron chi connectivity index (χ1n) is 4.70. The largest absolute Gasteiger partial charge is 0.288 e. The molecule has 0 fully saturated rings. The van der Waals surface area contributed by atoms with E-state index in [-0.39, 0.29) is 5.78 Å². The van der Waals surface area contributed by atoms with Crippen LogP contribution in [-0.4, -0.2) is 10.8 Å². The summed E-state index contributed by atoms with van der Waals surface area (Å²) in [6.45, 7) is 3.90. The molecule has 0 radical (unpaired) electrons. The highest BCUT2D eigenvalue weighted by molar-refractivity contribution is 7.14. The molecule has 0 bridgehead atoms. The predicted octanol–water partition coefficient (Wildman–Crippen LogP) is 2.99. The van der Waals surface area contributed by atoms with Crippen molar-refractivity contribution in [2.24, 2.45) is 0 Å². The first-order valence-corrected chi connectivity index (χ1v) is 5.52. The van der Waals surface area contributed by atoms with E-state index in [4.69, 9.17) is 0 Å². The quantitative estimate of drug-likeness (QED) is 0.724. The maximum Gasteiger partial charge on any atom is 0.204 e. The third-order valence-electron chi connectivity index (χ3n) is 2.14. The number of hydrogen-bond donors (Lipinski definition) is 0. The average molecular weight is 217 g/mol. The van der Waals surface area contributed by atoms with Gasteiger partial charge in [0.2, 0.25) is 5.78 Å². The second kappa shape index (κ2) is 3.95. The molecule has 2 aromatic heterocycles. The number of ketones is 1. The molecule has 2 aromatic rings. The third-order valence-corrected chi connectivity index (χ3v) is 3.14. The minimum absolute atomic E-state index is 0.0561. The maximum atomic E-state index is 11.9. The van der Waals surface area contributed by atoms with E-state index < -0.39 is 0 Å². The van der Waals surface area contributed by atoms with Crippen molar-refractivity contribution in [3.05, 3.63) is 51.5 Å². The lowest BCUT2D eigenvalue weighted by Gasteiger charge is -1.97. The molecule has 0 amide bonds. The zero-order chi connectivity index (χ0) is 10.8. The molecule has 0 aliphatic carbocycles. The first kappa shape index (κ1) is 10.1. The standard InChI is InChI=1S/C12H11NOS/c1-8-3-5-10(7-13-8)12(14)11-6-4-9(2)15-11/h3-7H,1-2H3. The second-order valence-corrected chi connectivity index (χ2v) is 4.72. The summed E-state index contributed by atoms with van der Waals surface area (Å²) in [6, 6.07) is 7.50. The van der Waals surface area contributed by atoms with E-state index >= 15 is 0 Å². The summed E-state index contributed by atoms with van der Waals surface area (Å²) in [7, 11) is 0. The highest BCUT2D eigenvalue weighted by Crippen LogP contribution is 2.18. The van der Waals surface area contributed by atoms with Gasteiger partial charge in [-0.25, -0.2) is 0 Å². The Bertz CT molecular complexity index is 485. The molecule has 0 aromatic carbocycles. The minimum atomic E-state index is 0.0561. The summed E-state index contributed by atoms with van der Waals surface area (Å²) in [6.07, 6.45) is 1.63. The van der Waals surface area contributed by atoms with Crippen LogP contribution < -0.4 is 0 Å². The third kappa shape index (κ3) is 2.13. The van der Waals surface area contributed by atoms with Crippen LogP contribution in [0.1, 0.15) is 25.8 Å². The fourth-order valence-electron chi connectivity index (χ4n) is 1.30. The Hall–Kier alpha value is -1.48. The van der Waals surface area contributed by atoms with Gasteiger partial charge in [0.1, 0.15) is 0 Å². The predicted molar refractivity (Wildman–Crippen MR) is 61.5 cm³/mol. The number of hydrogen-bond acceptors (Lipinski definition) is 3. The van der Waals surface area contributed by atoms with E-state index in [1.165, 1.54) is 11.3 Å². The van der Waals surface area contributed by atoms with Crippen molar-refractivity contribution < 1.29 is 4.79 Å². The molecule has 76 valence electrons. The molecule has 3 heteroatoms. The first-order chi connectivity index (χ1) is 7.16. The van der Waals surface area contributed by atoms with Crippen molar-refractivity contribution in [2.45, 2.75) is 13.8 Å². The smallest absolute Gasteiger partial charge is 0.204 e. The van der Waals surface area contributed by atoms with Gasteiger partial charge in [0.05, 0.1) is 4.88 Å². The van der Waals surface area contributed by atoms with Crippen molar-refractivity contribution in [1.82, 2.24) is 4.98 Å². The lowest BCUT2D eigenvalue weighted by atomic mass is 10.1. The van der Waals surface area contributed by atoms with Crippen molar-refractivity contribution in [3.63, 3.8) is 0 Å². The van der Waals surface area contributed by atoms with Gasteiger partial charge < -0.3 is 0 Å². The number of carbonyl (C=O) groups is 1. The van der Waals surface area contributed by atoms with Crippen molar-refractivity contribution in [2.75, 3.05) is 0 Å². The zero-order valence-electron chi connectivity index (χ0n) is 8.65. The fraction of sp³-hybridized carbons (Fsp3) is 0.167. The summed E-state index contributed by atoms with van der Waals surface area (Å²) >= 11 is 1.52. The fourth-order valence-corrected chi connectivity index (χ4v) is 2.13. The van der Waals surface area contributed by atoms with Crippen LogP contribution in [0, 0.1) is 13.8 Å². The topological polar surface area (TPSA) is 30.0 Å². The monoisotopic (exact) mass is 217 g/mol. The van der Waals surface area contributed by atoms with Crippen molar-refractivity contribution >= 4 is 17.1 Å². The van der Waals surface area contributed by atoms with Crippen LogP contribution >= 0.6 is 11.3 Å². The SMILES string of the molecule is Cc1ccc(C(=O)c2ccc(C)s2)cn1. The van der Waals surface area contributed by atoms with E-state index in [0.29, 0.717) is 5.56 Å². The number of pyridine rings is 1. The lowest BCUT2D eigenvalue weighted by molar-refractivity contribution is 0.104. The molecule has 0 saturated heterocycles. The Morgan fingerprint density at radius 2 is 2.00 bits per heavy atom. The zero-order valence-corrected chi connectivity index (χ0v) is 9.47. The molecule has 0 saturated carbocycles. The van der Waals surface area contributed by atoms with Crippen LogP contribution in [0.4, 0.5) is 0 Å². The Kier molecular flexibility index (Phi) is 2.64. The molecule has 15 heavy (non-hydrogen) atoms. The molecule has 0 atom stereocenters. The van der Waals surface area contributed by atoms with Crippen LogP contribution in [0.25, 0.3) is 0 Å². The summed E-state index contributed by atoms with van der Waals surface area (Å²) in [5, 5.41) is 0. The minimum Gasteiger partial charge on any atom is -0.288 e. The molecule has 0 spiro atoms. The molecule has 0 aliphatic heterocycles. The molecule has 2 rings (SSSR count). The second-order valence-electron chi connectivity index (χ2n) is 3.43. The van der Waals surface area contributed by atoms with Gasteiger partial charge in [-0.15, -0.1) is 11.3 Å². The molecule has 0 aliphatic rings. The number of aryl methyl sites for hydroxylation is 2. The van der Waals surface area contributed by atoms with Gasteiger partial charge in [-0.3, -0.25) is 9.78 Å². The Balaban J connectivity index is 2.32. The average Bonchev–Trinajstić information content (AvgIpc) is 2.65. The number of thiophene rings is 1. The Morgan fingerprint density at radius 3 is 2.53 bits per heavy atom. The van der Waals surface area contributed by atoms with Crippen LogP contribution in [-0.2, 0) is 0 Å². The van der Waals surface area contributed by atoms with Gasteiger partial charge in [-0.1, -0.05) is 0 Å². The molecule has 2 nitrogen and oxygen atoms in total. The lowest BCUT2D eigenvalue weighted by Crippen LogP contribution is -1.99. The van der Waals surface area contributed by atoms with E-state index in [2.05, 4.69) is 4.98 Å². The Morgan fingerprint density at radius 1 is 1.20 bits per heavy atom. The summed E-state index contributed by atoms with van der Waals surface area (Å²) in [4.78, 5) is 18.0. The van der Waals surface area contributed by atoms with Gasteiger partial charge in [0.15, 0.2) is 0 Å². The van der Waals surface area contributed by atoms with Crippen LogP contribution in [0.3, 0.4) is 0 Å². The van der Waals surface area contributed by atoms with Gasteiger partial charge in [-0.05, 0) is 38.1 Å². The summed E-state index contributed by atoms with van der Waals surface area (Å²) < 4.78 is 0.